The Kier molecular flexibility index (Phi) is 10.8. The van der Waals surface area contributed by atoms with E-state index in [4.69, 9.17) is 21.1 Å². The first-order chi connectivity index (χ1) is 17.8. The molecule has 8 heteroatoms. The number of carbonyl (C=O) groups is 2. The lowest BCUT2D eigenvalue weighted by Crippen LogP contribution is -2.52. The normalized spacial score (nSPS) is 11.6. The molecule has 0 saturated heterocycles. The number of ether oxygens (including phenoxy) is 2. The molecule has 6 nitrogen and oxygen atoms in total. The molecular weight excluding hydrogens is 556 g/mol. The van der Waals surface area contributed by atoms with E-state index in [0.717, 1.165) is 15.6 Å². The number of nitrogens with one attached hydrogen (secondary N) is 1. The maximum Gasteiger partial charge on any atom is 0.261 e. The number of nitrogens with zero attached hydrogens (tertiary/aromatic N) is 1. The van der Waals surface area contributed by atoms with Gasteiger partial charge in [-0.2, -0.15) is 0 Å². The van der Waals surface area contributed by atoms with Crippen molar-refractivity contribution >= 4 is 39.3 Å². The number of methoxy groups -OCH3 is 1. The highest BCUT2D eigenvalue weighted by Gasteiger charge is 2.31. The largest absolute Gasteiger partial charge is 0.497 e. The first-order valence-corrected chi connectivity index (χ1v) is 13.3. The monoisotopic (exact) mass is 586 g/mol. The number of halogens is 2. The summed E-state index contributed by atoms with van der Waals surface area (Å²) in [5, 5.41) is 3.40. The Balaban J connectivity index is 1.92. The van der Waals surface area contributed by atoms with Crippen LogP contribution in [-0.4, -0.2) is 43.0 Å². The van der Waals surface area contributed by atoms with E-state index in [0.29, 0.717) is 29.5 Å². The highest BCUT2D eigenvalue weighted by molar-refractivity contribution is 9.10. The van der Waals surface area contributed by atoms with Gasteiger partial charge in [-0.1, -0.05) is 83.8 Å². The number of hydrogen-bond acceptors (Lipinski definition) is 4. The Morgan fingerprint density at radius 2 is 1.73 bits per heavy atom. The Morgan fingerprint density at radius 3 is 2.41 bits per heavy atom. The number of hydrogen-bond donors (Lipinski definition) is 1. The summed E-state index contributed by atoms with van der Waals surface area (Å²) in [6.45, 7) is 4.51. The molecule has 3 aromatic rings. The van der Waals surface area contributed by atoms with Crippen LogP contribution in [0.3, 0.4) is 0 Å². The van der Waals surface area contributed by atoms with Crippen LogP contribution in [0, 0.1) is 5.92 Å². The van der Waals surface area contributed by atoms with Gasteiger partial charge in [0.25, 0.3) is 5.91 Å². The van der Waals surface area contributed by atoms with Gasteiger partial charge >= 0.3 is 0 Å². The van der Waals surface area contributed by atoms with Crippen molar-refractivity contribution in [1.82, 2.24) is 10.2 Å². The smallest absolute Gasteiger partial charge is 0.261 e. The molecule has 0 fully saturated rings. The van der Waals surface area contributed by atoms with Crippen molar-refractivity contribution in [2.24, 2.45) is 5.92 Å². The highest BCUT2D eigenvalue weighted by atomic mass is 79.9. The van der Waals surface area contributed by atoms with Gasteiger partial charge in [0.15, 0.2) is 6.61 Å². The molecule has 0 spiro atoms. The van der Waals surface area contributed by atoms with Gasteiger partial charge in [0.2, 0.25) is 5.91 Å². The molecule has 0 saturated carbocycles. The van der Waals surface area contributed by atoms with Crippen molar-refractivity contribution in [3.63, 3.8) is 0 Å². The summed E-state index contributed by atoms with van der Waals surface area (Å²) in [5.74, 6) is 0.791. The van der Waals surface area contributed by atoms with Crippen LogP contribution in [0.15, 0.2) is 77.3 Å². The molecule has 3 aromatic carbocycles. The van der Waals surface area contributed by atoms with Crippen molar-refractivity contribution in [2.75, 3.05) is 20.3 Å². The number of amides is 2. The SMILES string of the molecule is COc1cccc(CN(C(=O)COc2ccc(Br)cc2Cl)[C@H](Cc2ccccc2)C(=O)NCC(C)C)c1. The Hall–Kier alpha value is -3.03. The molecule has 0 aliphatic heterocycles. The van der Waals surface area contributed by atoms with E-state index in [9.17, 15) is 9.59 Å². The molecule has 0 heterocycles. The Morgan fingerprint density at radius 1 is 1.00 bits per heavy atom. The second-order valence-corrected chi connectivity index (χ2v) is 10.4. The first kappa shape index (κ1) is 28.5. The predicted molar refractivity (Wildman–Crippen MR) is 150 cm³/mol. The third-order valence-corrected chi connectivity index (χ3v) is 6.48. The Bertz CT molecular complexity index is 1190. The zero-order chi connectivity index (χ0) is 26.8. The van der Waals surface area contributed by atoms with Gasteiger partial charge in [-0.3, -0.25) is 9.59 Å². The van der Waals surface area contributed by atoms with Gasteiger partial charge in [-0.15, -0.1) is 0 Å². The van der Waals surface area contributed by atoms with Crippen LogP contribution in [0.2, 0.25) is 5.02 Å². The summed E-state index contributed by atoms with van der Waals surface area (Å²) in [4.78, 5) is 28.7. The molecule has 3 rings (SSSR count). The third-order valence-electron chi connectivity index (χ3n) is 5.69. The molecule has 0 unspecified atom stereocenters. The van der Waals surface area contributed by atoms with Crippen molar-refractivity contribution in [2.45, 2.75) is 32.9 Å². The zero-order valence-electron chi connectivity index (χ0n) is 21.2. The fourth-order valence-corrected chi connectivity index (χ4v) is 4.49. The molecular formula is C29H32BrClN2O4. The minimum Gasteiger partial charge on any atom is -0.497 e. The topological polar surface area (TPSA) is 67.9 Å². The lowest BCUT2D eigenvalue weighted by atomic mass is 10.0. The quantitative estimate of drug-likeness (QED) is 0.286. The van der Waals surface area contributed by atoms with Gasteiger partial charge in [0, 0.05) is 24.0 Å². The molecule has 37 heavy (non-hydrogen) atoms. The van der Waals surface area contributed by atoms with Gasteiger partial charge in [-0.05, 0) is 47.4 Å². The maximum atomic E-state index is 13.7. The molecule has 0 aromatic heterocycles. The van der Waals surface area contributed by atoms with Gasteiger partial charge in [-0.25, -0.2) is 0 Å². The average molecular weight is 588 g/mol. The van der Waals surface area contributed by atoms with E-state index in [2.05, 4.69) is 21.2 Å². The van der Waals surface area contributed by atoms with Crippen LogP contribution in [0.5, 0.6) is 11.5 Å². The van der Waals surface area contributed by atoms with Crippen LogP contribution in [0.4, 0.5) is 0 Å². The van der Waals surface area contributed by atoms with Crippen molar-refractivity contribution < 1.29 is 19.1 Å². The van der Waals surface area contributed by atoms with Gasteiger partial charge in [0.05, 0.1) is 12.1 Å². The number of benzene rings is 3. The number of rotatable bonds is 12. The third kappa shape index (κ3) is 8.79. The van der Waals surface area contributed by atoms with E-state index in [-0.39, 0.29) is 30.9 Å². The fourth-order valence-electron chi connectivity index (χ4n) is 3.76. The zero-order valence-corrected chi connectivity index (χ0v) is 23.6. The minimum absolute atomic E-state index is 0.208. The summed E-state index contributed by atoms with van der Waals surface area (Å²) in [6.07, 6.45) is 0.361. The Labute approximate surface area is 232 Å². The van der Waals surface area contributed by atoms with Crippen molar-refractivity contribution in [1.29, 1.82) is 0 Å². The summed E-state index contributed by atoms with van der Waals surface area (Å²) < 4.78 is 12.0. The van der Waals surface area contributed by atoms with E-state index in [1.807, 2.05) is 68.4 Å². The summed E-state index contributed by atoms with van der Waals surface area (Å²) in [7, 11) is 1.59. The predicted octanol–water partition coefficient (Wildman–Crippen LogP) is 5.90. The standard InChI is InChI=1S/C29H32BrClN2O4/c1-20(2)17-32-29(35)26(15-21-8-5-4-6-9-21)33(18-22-10-7-11-24(14-22)36-3)28(34)19-37-27-13-12-23(30)16-25(27)31/h4-14,16,20,26H,15,17-19H2,1-3H3,(H,32,35)/t26-/m1/s1. The van der Waals surface area contributed by atoms with Crippen LogP contribution in [-0.2, 0) is 22.6 Å². The molecule has 1 N–H and O–H groups in total. The molecule has 2 amide bonds. The molecule has 0 bridgehead atoms. The molecule has 0 aliphatic carbocycles. The van der Waals surface area contributed by atoms with E-state index >= 15 is 0 Å². The van der Waals surface area contributed by atoms with Crippen molar-refractivity contribution in [3.05, 3.63) is 93.4 Å². The molecule has 196 valence electrons. The fraction of sp³-hybridized carbons (Fsp3) is 0.310. The van der Waals surface area contributed by atoms with Crippen LogP contribution in [0.1, 0.15) is 25.0 Å². The summed E-state index contributed by atoms with van der Waals surface area (Å²) in [5.41, 5.74) is 1.79. The van der Waals surface area contributed by atoms with Gasteiger partial charge in [0.1, 0.15) is 17.5 Å². The summed E-state index contributed by atoms with van der Waals surface area (Å²) >= 11 is 9.66. The van der Waals surface area contributed by atoms with Crippen molar-refractivity contribution in [3.8, 4) is 11.5 Å². The highest BCUT2D eigenvalue weighted by Crippen LogP contribution is 2.28. The lowest BCUT2D eigenvalue weighted by molar-refractivity contribution is -0.142. The minimum atomic E-state index is -0.746. The number of carbonyl (C=O) groups excluding carboxylic acids is 2. The van der Waals surface area contributed by atoms with Crippen LogP contribution in [0.25, 0.3) is 0 Å². The van der Waals surface area contributed by atoms with Crippen LogP contribution >= 0.6 is 27.5 Å². The van der Waals surface area contributed by atoms with E-state index < -0.39 is 6.04 Å². The van der Waals surface area contributed by atoms with Gasteiger partial charge < -0.3 is 19.7 Å². The maximum absolute atomic E-state index is 13.7. The molecule has 0 radical (unpaired) electrons. The lowest BCUT2D eigenvalue weighted by Gasteiger charge is -2.32. The summed E-state index contributed by atoms with van der Waals surface area (Å²) in [6, 6.07) is 21.6. The second kappa shape index (κ2) is 14.1. The average Bonchev–Trinajstić information content (AvgIpc) is 2.89. The van der Waals surface area contributed by atoms with E-state index in [1.165, 1.54) is 0 Å². The molecule has 1 atom stereocenters. The molecule has 0 aliphatic rings. The van der Waals surface area contributed by atoms with Crippen LogP contribution < -0.4 is 14.8 Å². The second-order valence-electron chi connectivity index (χ2n) is 9.08. The van der Waals surface area contributed by atoms with E-state index in [1.54, 1.807) is 30.2 Å². The first-order valence-electron chi connectivity index (χ1n) is 12.1.